The van der Waals surface area contributed by atoms with Crippen LogP contribution in [-0.2, 0) is 29.0 Å². The molecule has 1 aromatic heterocycles. The van der Waals surface area contributed by atoms with Crippen LogP contribution < -0.4 is 5.32 Å². The lowest BCUT2D eigenvalue weighted by Crippen LogP contribution is -2.26. The van der Waals surface area contributed by atoms with Gasteiger partial charge in [0.05, 0.1) is 0 Å². The van der Waals surface area contributed by atoms with E-state index >= 15 is 0 Å². The molecule has 3 rings (SSSR count). The number of nitrogens with one attached hydrogen (secondary N) is 1. The van der Waals surface area contributed by atoms with E-state index in [1.165, 1.54) is 19.8 Å². The van der Waals surface area contributed by atoms with Gasteiger partial charge in [0.1, 0.15) is 17.6 Å². The van der Waals surface area contributed by atoms with E-state index in [2.05, 4.69) is 20.1 Å². The van der Waals surface area contributed by atoms with Crippen LogP contribution in [0, 0.1) is 5.92 Å². The summed E-state index contributed by atoms with van der Waals surface area (Å²) >= 11 is 0. The number of carboxylic acid groups (broad SMARTS) is 1. The maximum atomic E-state index is 11.8. The molecule has 1 aliphatic rings. The second-order valence-corrected chi connectivity index (χ2v) is 6.42. The first-order valence-electron chi connectivity index (χ1n) is 8.58. The van der Waals surface area contributed by atoms with Crippen molar-refractivity contribution < 1.29 is 14.7 Å². The number of aryl methyl sites for hydroxylation is 1. The van der Waals surface area contributed by atoms with Crippen LogP contribution in [0.2, 0.25) is 0 Å². The van der Waals surface area contributed by atoms with Gasteiger partial charge in [-0.1, -0.05) is 18.6 Å². The highest BCUT2D eigenvalue weighted by molar-refractivity contribution is 6.03. The molecule has 0 saturated heterocycles. The van der Waals surface area contributed by atoms with Crippen LogP contribution in [0.4, 0.5) is 5.69 Å². The van der Waals surface area contributed by atoms with Gasteiger partial charge in [0.25, 0.3) is 0 Å². The molecule has 0 spiro atoms. The lowest BCUT2D eigenvalue weighted by Gasteiger charge is -2.10. The second-order valence-electron chi connectivity index (χ2n) is 6.42. The summed E-state index contributed by atoms with van der Waals surface area (Å²) in [5.74, 6) is -0.706. The van der Waals surface area contributed by atoms with Crippen LogP contribution in [0.25, 0.3) is 0 Å². The second kappa shape index (κ2) is 7.46. The Balaban J connectivity index is 1.66. The van der Waals surface area contributed by atoms with Crippen molar-refractivity contribution in [3.63, 3.8) is 0 Å². The van der Waals surface area contributed by atoms with Crippen molar-refractivity contribution in [1.82, 2.24) is 14.8 Å². The Hall–Kier alpha value is -2.70. The fraction of sp³-hybridized carbons (Fsp3) is 0.444. The topological polar surface area (TPSA) is 97.1 Å². The van der Waals surface area contributed by atoms with Crippen LogP contribution >= 0.6 is 0 Å². The summed E-state index contributed by atoms with van der Waals surface area (Å²) in [4.78, 5) is 22.6. The quantitative estimate of drug-likeness (QED) is 0.812. The average Bonchev–Trinajstić information content (AvgIpc) is 2.82. The van der Waals surface area contributed by atoms with Crippen LogP contribution in [0.5, 0.6) is 0 Å². The molecule has 1 unspecified atom stereocenters. The SMILES string of the molecule is CC(C(=O)O)C(=O)Nc1ccc(Cc2nnc3n2CCCCC3)cc1. The fourth-order valence-corrected chi connectivity index (χ4v) is 2.93. The van der Waals surface area contributed by atoms with Crippen LogP contribution in [0.1, 0.15) is 43.4 Å². The molecule has 1 aromatic carbocycles. The van der Waals surface area contributed by atoms with E-state index in [1.807, 2.05) is 12.1 Å². The van der Waals surface area contributed by atoms with Gasteiger partial charge in [-0.2, -0.15) is 0 Å². The number of hydrogen-bond donors (Lipinski definition) is 2. The van der Waals surface area contributed by atoms with Crippen molar-refractivity contribution >= 4 is 17.6 Å². The molecule has 132 valence electrons. The van der Waals surface area contributed by atoms with E-state index in [-0.39, 0.29) is 0 Å². The summed E-state index contributed by atoms with van der Waals surface area (Å²) < 4.78 is 2.22. The molecule has 1 atom stereocenters. The van der Waals surface area contributed by atoms with Gasteiger partial charge in [-0.25, -0.2) is 0 Å². The van der Waals surface area contributed by atoms with Crippen molar-refractivity contribution in [1.29, 1.82) is 0 Å². The number of benzene rings is 1. The monoisotopic (exact) mass is 342 g/mol. The third-order valence-corrected chi connectivity index (χ3v) is 4.53. The Labute approximate surface area is 146 Å². The maximum Gasteiger partial charge on any atom is 0.315 e. The molecule has 0 saturated carbocycles. The number of carboxylic acids is 1. The lowest BCUT2D eigenvalue weighted by molar-refractivity contribution is -0.144. The number of rotatable bonds is 5. The van der Waals surface area contributed by atoms with Gasteiger partial charge in [0, 0.05) is 25.1 Å². The minimum absolute atomic E-state index is 0.525. The Morgan fingerprint density at radius 3 is 2.68 bits per heavy atom. The zero-order valence-electron chi connectivity index (χ0n) is 14.2. The molecular weight excluding hydrogens is 320 g/mol. The van der Waals surface area contributed by atoms with E-state index in [1.54, 1.807) is 12.1 Å². The zero-order valence-corrected chi connectivity index (χ0v) is 14.2. The van der Waals surface area contributed by atoms with Crippen LogP contribution in [0.3, 0.4) is 0 Å². The van der Waals surface area contributed by atoms with Gasteiger partial charge in [-0.05, 0) is 37.5 Å². The molecule has 0 radical (unpaired) electrons. The average molecular weight is 342 g/mol. The van der Waals surface area contributed by atoms with Gasteiger partial charge >= 0.3 is 5.97 Å². The highest BCUT2D eigenvalue weighted by Gasteiger charge is 2.20. The minimum Gasteiger partial charge on any atom is -0.481 e. The summed E-state index contributed by atoms with van der Waals surface area (Å²) in [6.07, 6.45) is 5.23. The number of hydrogen-bond acceptors (Lipinski definition) is 4. The van der Waals surface area contributed by atoms with E-state index in [0.29, 0.717) is 12.1 Å². The first-order valence-corrected chi connectivity index (χ1v) is 8.58. The maximum absolute atomic E-state index is 11.8. The summed E-state index contributed by atoms with van der Waals surface area (Å²) in [5, 5.41) is 20.1. The van der Waals surface area contributed by atoms with E-state index in [0.717, 1.165) is 36.6 Å². The molecule has 7 heteroatoms. The van der Waals surface area contributed by atoms with E-state index in [4.69, 9.17) is 5.11 Å². The molecule has 1 amide bonds. The molecule has 2 aromatic rings. The Morgan fingerprint density at radius 1 is 1.20 bits per heavy atom. The summed E-state index contributed by atoms with van der Waals surface area (Å²) in [6.45, 7) is 2.34. The van der Waals surface area contributed by atoms with Gasteiger partial charge < -0.3 is 15.0 Å². The van der Waals surface area contributed by atoms with Crippen molar-refractivity contribution in [2.24, 2.45) is 5.92 Å². The number of anilines is 1. The predicted octanol–water partition coefficient (Wildman–Crippen LogP) is 2.25. The van der Waals surface area contributed by atoms with Crippen LogP contribution in [-0.4, -0.2) is 31.7 Å². The van der Waals surface area contributed by atoms with Crippen molar-refractivity contribution in [3.05, 3.63) is 41.5 Å². The Bertz CT molecular complexity index is 767. The Morgan fingerprint density at radius 2 is 1.96 bits per heavy atom. The largest absolute Gasteiger partial charge is 0.481 e. The highest BCUT2D eigenvalue weighted by atomic mass is 16.4. The normalized spacial score (nSPS) is 15.1. The highest BCUT2D eigenvalue weighted by Crippen LogP contribution is 2.18. The van der Waals surface area contributed by atoms with Gasteiger partial charge in [-0.3, -0.25) is 9.59 Å². The molecule has 7 nitrogen and oxygen atoms in total. The number of carbonyl (C=O) groups excluding carboxylic acids is 1. The standard InChI is InChI=1S/C18H22N4O3/c1-12(18(24)25)17(23)19-14-8-6-13(7-9-14)11-16-21-20-15-5-3-2-4-10-22(15)16/h6-9,12H,2-5,10-11H2,1H3,(H,19,23)(H,24,25). The van der Waals surface area contributed by atoms with Crippen LogP contribution in [0.15, 0.2) is 24.3 Å². The minimum atomic E-state index is -1.14. The molecule has 0 bridgehead atoms. The third kappa shape index (κ3) is 4.04. The van der Waals surface area contributed by atoms with Crippen molar-refractivity contribution in [2.75, 3.05) is 5.32 Å². The van der Waals surface area contributed by atoms with E-state index in [9.17, 15) is 9.59 Å². The van der Waals surface area contributed by atoms with E-state index < -0.39 is 17.8 Å². The zero-order chi connectivity index (χ0) is 17.8. The molecule has 0 fully saturated rings. The molecule has 25 heavy (non-hydrogen) atoms. The Kier molecular flexibility index (Phi) is 5.11. The van der Waals surface area contributed by atoms with Gasteiger partial charge in [-0.15, -0.1) is 10.2 Å². The first-order chi connectivity index (χ1) is 12.0. The molecule has 1 aliphatic heterocycles. The number of carbonyl (C=O) groups is 2. The summed E-state index contributed by atoms with van der Waals surface area (Å²) in [6, 6.07) is 7.39. The molecule has 2 heterocycles. The number of nitrogens with zero attached hydrogens (tertiary/aromatic N) is 3. The van der Waals surface area contributed by atoms with Crippen molar-refractivity contribution in [3.8, 4) is 0 Å². The fourth-order valence-electron chi connectivity index (χ4n) is 2.93. The molecule has 2 N–H and O–H groups in total. The summed E-state index contributed by atoms with van der Waals surface area (Å²) in [7, 11) is 0. The molecular formula is C18H22N4O3. The number of fused-ring (bicyclic) bond motifs is 1. The molecule has 0 aliphatic carbocycles. The third-order valence-electron chi connectivity index (χ3n) is 4.53. The lowest BCUT2D eigenvalue weighted by atomic mass is 10.1. The van der Waals surface area contributed by atoms with Crippen molar-refractivity contribution in [2.45, 2.75) is 45.6 Å². The number of aliphatic carboxylic acids is 1. The number of aromatic nitrogens is 3. The first kappa shape index (κ1) is 17.1. The predicted molar refractivity (Wildman–Crippen MR) is 92.3 cm³/mol. The van der Waals surface area contributed by atoms with Gasteiger partial charge in [0.15, 0.2) is 0 Å². The van der Waals surface area contributed by atoms with Gasteiger partial charge in [0.2, 0.25) is 5.91 Å². The smallest absolute Gasteiger partial charge is 0.315 e. The number of amides is 1. The summed E-state index contributed by atoms with van der Waals surface area (Å²) in [5.41, 5.74) is 1.66.